The van der Waals surface area contributed by atoms with Crippen molar-refractivity contribution < 1.29 is 0 Å². The van der Waals surface area contributed by atoms with E-state index in [-0.39, 0.29) is 0 Å². The van der Waals surface area contributed by atoms with Crippen LogP contribution in [-0.4, -0.2) is 59.8 Å². The van der Waals surface area contributed by atoms with Gasteiger partial charge in [-0.05, 0) is 109 Å². The molecule has 0 spiro atoms. The van der Waals surface area contributed by atoms with Gasteiger partial charge in [0, 0.05) is 114 Å². The lowest BCUT2D eigenvalue weighted by molar-refractivity contribution is 1.29. The first-order valence-corrected chi connectivity index (χ1v) is 18.7. The fraction of sp³-hybridized carbons (Fsp3) is 0. The van der Waals surface area contributed by atoms with Gasteiger partial charge in [-0.1, -0.05) is 12.1 Å². The van der Waals surface area contributed by atoms with Crippen LogP contribution in [0.25, 0.3) is 65.7 Å². The Kier molecular flexibility index (Phi) is 14.3. The number of nitrogens with zero attached hydrogens (tertiary/aromatic N) is 12. The van der Waals surface area contributed by atoms with Crippen molar-refractivity contribution in [1.82, 2.24) is 59.8 Å². The fourth-order valence-corrected chi connectivity index (χ4v) is 5.47. The smallest absolute Gasteiger partial charge is 0.159 e. The maximum absolute atomic E-state index is 4.14. The minimum atomic E-state index is 0.810. The lowest BCUT2D eigenvalue weighted by Crippen LogP contribution is -1.78. The van der Waals surface area contributed by atoms with E-state index in [4.69, 9.17) is 0 Å². The molecular weight excluding hydrogens is 745 g/mol. The third kappa shape index (κ3) is 11.7. The van der Waals surface area contributed by atoms with E-state index >= 15 is 0 Å². The zero-order chi connectivity index (χ0) is 40.9. The predicted octanol–water partition coefficient (Wildman–Crippen LogP) is 9.78. The van der Waals surface area contributed by atoms with Gasteiger partial charge in [0.2, 0.25) is 0 Å². The highest BCUT2D eigenvalue weighted by atomic mass is 14.8. The first-order chi connectivity index (χ1) is 29.8. The van der Waals surface area contributed by atoms with Gasteiger partial charge in [-0.3, -0.25) is 49.8 Å². The van der Waals surface area contributed by atoms with Crippen molar-refractivity contribution in [3.05, 3.63) is 220 Å². The average molecular weight is 781 g/mol. The van der Waals surface area contributed by atoms with Gasteiger partial charge >= 0.3 is 0 Å². The molecule has 288 valence electrons. The highest BCUT2D eigenvalue weighted by molar-refractivity contribution is 5.79. The van der Waals surface area contributed by atoms with E-state index in [0.29, 0.717) is 0 Å². The lowest BCUT2D eigenvalue weighted by Gasteiger charge is -1.90. The molecule has 0 radical (unpaired) electrons. The summed E-state index contributed by atoms with van der Waals surface area (Å²) in [7, 11) is 0. The summed E-state index contributed by atoms with van der Waals surface area (Å²) >= 11 is 0. The van der Waals surface area contributed by atoms with Crippen LogP contribution in [0.1, 0.15) is 0 Å². The topological polar surface area (TPSA) is 155 Å². The van der Waals surface area contributed by atoms with E-state index in [0.717, 1.165) is 65.7 Å². The van der Waals surface area contributed by atoms with Crippen molar-refractivity contribution >= 4 is 65.7 Å². The zero-order valence-corrected chi connectivity index (χ0v) is 32.2. The molecule has 0 amide bonds. The Morgan fingerprint density at radius 1 is 0.200 bits per heavy atom. The maximum Gasteiger partial charge on any atom is 0.159 e. The number of hydrogen-bond donors (Lipinski definition) is 0. The van der Waals surface area contributed by atoms with Crippen LogP contribution in [0.3, 0.4) is 0 Å². The van der Waals surface area contributed by atoms with Gasteiger partial charge in [-0.15, -0.1) is 0 Å². The predicted molar refractivity (Wildman–Crippen MR) is 237 cm³/mol. The van der Waals surface area contributed by atoms with E-state index in [1.807, 2.05) is 134 Å². The first-order valence-electron chi connectivity index (χ1n) is 18.7. The summed E-state index contributed by atoms with van der Waals surface area (Å²) < 4.78 is 0. The molecule has 0 N–H and O–H groups in total. The average Bonchev–Trinajstić information content (AvgIpc) is 3.35. The second-order valence-corrected chi connectivity index (χ2v) is 12.4. The van der Waals surface area contributed by atoms with Crippen molar-refractivity contribution in [2.45, 2.75) is 0 Å². The maximum atomic E-state index is 4.14. The molecule has 0 saturated heterocycles. The van der Waals surface area contributed by atoms with Gasteiger partial charge in [0.1, 0.15) is 0 Å². The number of aromatic nitrogens is 12. The number of pyridine rings is 12. The Balaban J connectivity index is 0.000000109. The van der Waals surface area contributed by atoms with Crippen molar-refractivity contribution in [2.75, 3.05) is 0 Å². The first kappa shape index (κ1) is 39.6. The summed E-state index contributed by atoms with van der Waals surface area (Å²) in [5, 5.41) is 5.54. The van der Waals surface area contributed by atoms with Crippen molar-refractivity contribution in [2.24, 2.45) is 0 Å². The molecule has 0 unspecified atom stereocenters. The third-order valence-electron chi connectivity index (χ3n) is 8.37. The van der Waals surface area contributed by atoms with Gasteiger partial charge in [-0.2, -0.15) is 0 Å². The number of fused-ring (bicyclic) bond motifs is 6. The number of rotatable bonds is 0. The molecule has 0 fully saturated rings. The molecule has 0 aliphatic heterocycles. The van der Waals surface area contributed by atoms with Crippen LogP contribution in [0.2, 0.25) is 0 Å². The van der Waals surface area contributed by atoms with Crippen LogP contribution in [0.4, 0.5) is 0 Å². The van der Waals surface area contributed by atoms with Gasteiger partial charge in [-0.25, -0.2) is 9.97 Å². The summed E-state index contributed by atoms with van der Waals surface area (Å²) in [4.78, 5) is 48.7. The zero-order valence-electron chi connectivity index (χ0n) is 32.2. The Morgan fingerprint density at radius 3 is 0.917 bits per heavy atom. The van der Waals surface area contributed by atoms with E-state index in [9.17, 15) is 0 Å². The summed E-state index contributed by atoms with van der Waals surface area (Å²) in [6.45, 7) is 0. The van der Waals surface area contributed by atoms with Crippen LogP contribution in [0, 0.1) is 0 Å². The molecular formula is C48H36N12. The molecule has 12 aromatic rings. The molecule has 0 saturated carbocycles. The van der Waals surface area contributed by atoms with Crippen LogP contribution >= 0.6 is 0 Å². The molecule has 60 heavy (non-hydrogen) atoms. The Labute approximate surface area is 344 Å². The van der Waals surface area contributed by atoms with Crippen molar-refractivity contribution in [3.8, 4) is 0 Å². The van der Waals surface area contributed by atoms with Crippen molar-refractivity contribution in [3.63, 3.8) is 0 Å². The minimum Gasteiger partial charge on any atom is -0.264 e. The van der Waals surface area contributed by atoms with Gasteiger partial charge in [0.15, 0.2) is 5.65 Å². The molecule has 0 aromatic carbocycles. The van der Waals surface area contributed by atoms with Crippen LogP contribution in [0.15, 0.2) is 220 Å². The molecule has 0 aliphatic rings. The normalized spacial score (nSPS) is 10.0. The van der Waals surface area contributed by atoms with E-state index in [2.05, 4.69) is 59.8 Å². The molecule has 0 bridgehead atoms. The highest BCUT2D eigenvalue weighted by Crippen LogP contribution is 2.09. The Bertz CT molecular complexity index is 2220. The molecule has 0 atom stereocenters. The summed E-state index contributed by atoms with van der Waals surface area (Å²) in [6.07, 6.45) is 28.3. The fourth-order valence-electron chi connectivity index (χ4n) is 5.47. The van der Waals surface area contributed by atoms with Gasteiger partial charge < -0.3 is 0 Å². The van der Waals surface area contributed by atoms with E-state index in [1.54, 1.807) is 86.8 Å². The van der Waals surface area contributed by atoms with Crippen LogP contribution < -0.4 is 0 Å². The second kappa shape index (κ2) is 21.6. The second-order valence-electron chi connectivity index (χ2n) is 12.4. The molecule has 12 heterocycles. The summed E-state index contributed by atoms with van der Waals surface area (Å²) in [5.41, 5.74) is 6.60. The standard InChI is InChI=1S/6C8H6N2/c1-3-7-8(9-5-1)4-2-6-10-7;1-3-7-4-2-6-10-8(7)9-5-1;2*1-2-7-6-9-5-3-8(7)10-4-1;2*1-2-7-3-5-9-6-8(7)10-4-1/h6*1-6H. The van der Waals surface area contributed by atoms with Gasteiger partial charge in [0.05, 0.1) is 45.5 Å². The molecule has 12 nitrogen and oxygen atoms in total. The Hall–Kier alpha value is -8.64. The lowest BCUT2D eigenvalue weighted by atomic mass is 10.3. The quantitative estimate of drug-likeness (QED) is 0.144. The van der Waals surface area contributed by atoms with E-state index < -0.39 is 0 Å². The largest absolute Gasteiger partial charge is 0.264 e. The van der Waals surface area contributed by atoms with Crippen LogP contribution in [0.5, 0.6) is 0 Å². The Morgan fingerprint density at radius 2 is 0.517 bits per heavy atom. The van der Waals surface area contributed by atoms with Crippen molar-refractivity contribution in [1.29, 1.82) is 0 Å². The molecule has 12 rings (SSSR count). The monoisotopic (exact) mass is 780 g/mol. The number of hydrogen-bond acceptors (Lipinski definition) is 12. The van der Waals surface area contributed by atoms with E-state index in [1.165, 1.54) is 0 Å². The van der Waals surface area contributed by atoms with Gasteiger partial charge in [0.25, 0.3) is 0 Å². The molecule has 12 heteroatoms. The molecule has 0 aliphatic carbocycles. The van der Waals surface area contributed by atoms with Crippen LogP contribution in [-0.2, 0) is 0 Å². The summed E-state index contributed by atoms with van der Waals surface area (Å²) in [5.74, 6) is 0. The SMILES string of the molecule is c1cnc2cccnc2c1.c1cnc2ccncc2c1.c1cnc2ccncc2c1.c1cnc2cnccc2c1.c1cnc2cnccc2c1.c1cnc2ncccc2c1. The minimum absolute atomic E-state index is 0.810. The molecule has 12 aromatic heterocycles. The summed E-state index contributed by atoms with van der Waals surface area (Å²) in [6, 6.07) is 38.8. The highest BCUT2D eigenvalue weighted by Gasteiger charge is 1.92. The third-order valence-corrected chi connectivity index (χ3v) is 8.37.